The summed E-state index contributed by atoms with van der Waals surface area (Å²) in [5, 5.41) is 5.91. The van der Waals surface area contributed by atoms with Crippen molar-refractivity contribution in [2.75, 3.05) is 5.32 Å². The van der Waals surface area contributed by atoms with Gasteiger partial charge in [0.15, 0.2) is 0 Å². The van der Waals surface area contributed by atoms with Crippen molar-refractivity contribution in [1.29, 1.82) is 0 Å². The molecule has 0 atom stereocenters. The van der Waals surface area contributed by atoms with Gasteiger partial charge < -0.3 is 10.3 Å². The molecule has 0 bridgehead atoms. The monoisotopic (exact) mass is 344 g/mol. The molecule has 0 spiro atoms. The second-order valence-corrected chi connectivity index (χ2v) is 4.92. The summed E-state index contributed by atoms with van der Waals surface area (Å²) < 4.78 is 31.6. The number of pyridine rings is 1. The number of nitrogens with one attached hydrogen (secondary N) is 1. The molecule has 3 rings (SSSR count). The van der Waals surface area contributed by atoms with E-state index in [0.717, 1.165) is 12.1 Å². The molecular formula is C16H10F2N4O3. The van der Waals surface area contributed by atoms with Gasteiger partial charge in [-0.2, -0.15) is 0 Å². The van der Waals surface area contributed by atoms with Gasteiger partial charge in [-0.25, -0.2) is 8.78 Å². The molecule has 0 aliphatic rings. The highest BCUT2D eigenvalue weighted by Gasteiger charge is 2.25. The molecule has 3 N–H and O–H groups in total. The van der Waals surface area contributed by atoms with E-state index in [0.29, 0.717) is 11.6 Å². The Morgan fingerprint density at radius 2 is 2.00 bits per heavy atom. The third-order valence-electron chi connectivity index (χ3n) is 3.28. The van der Waals surface area contributed by atoms with E-state index in [1.807, 2.05) is 0 Å². The van der Waals surface area contributed by atoms with Crippen molar-refractivity contribution in [3.8, 4) is 11.3 Å². The van der Waals surface area contributed by atoms with Gasteiger partial charge in [-0.3, -0.25) is 19.9 Å². The third kappa shape index (κ3) is 3.20. The van der Waals surface area contributed by atoms with Crippen LogP contribution in [0.15, 0.2) is 47.2 Å². The molecule has 2 heterocycles. The van der Waals surface area contributed by atoms with Gasteiger partial charge in [-0.15, -0.1) is 0 Å². The van der Waals surface area contributed by atoms with Gasteiger partial charge in [0.1, 0.15) is 22.9 Å². The normalized spacial score (nSPS) is 10.5. The van der Waals surface area contributed by atoms with Crippen molar-refractivity contribution in [2.24, 2.45) is 5.73 Å². The van der Waals surface area contributed by atoms with Crippen LogP contribution >= 0.6 is 0 Å². The van der Waals surface area contributed by atoms with Crippen molar-refractivity contribution in [1.82, 2.24) is 10.1 Å². The van der Waals surface area contributed by atoms with E-state index in [1.54, 1.807) is 12.1 Å². The maximum Gasteiger partial charge on any atom is 0.261 e. The quantitative estimate of drug-likeness (QED) is 0.755. The van der Waals surface area contributed by atoms with Crippen molar-refractivity contribution < 1.29 is 22.9 Å². The molecule has 3 aromatic rings. The summed E-state index contributed by atoms with van der Waals surface area (Å²) in [5.74, 6) is -4.10. The van der Waals surface area contributed by atoms with E-state index in [9.17, 15) is 18.4 Å². The summed E-state index contributed by atoms with van der Waals surface area (Å²) >= 11 is 0. The standard InChI is InChI=1S/C16H10F2N4O3/c17-9-3-4-10(11(18)6-9)15(24)21-16-12(14(19)23)13(22-25-16)8-2-1-5-20-7-8/h1-7H,(H2,19,23)(H,21,24). The molecular weight excluding hydrogens is 334 g/mol. The molecule has 2 aromatic heterocycles. The van der Waals surface area contributed by atoms with Gasteiger partial charge in [-0.1, -0.05) is 5.16 Å². The SMILES string of the molecule is NC(=O)c1c(-c2cccnc2)noc1NC(=O)c1ccc(F)cc1F. The molecule has 7 nitrogen and oxygen atoms in total. The second kappa shape index (κ2) is 6.48. The molecule has 0 aliphatic carbocycles. The van der Waals surface area contributed by atoms with Crippen LogP contribution < -0.4 is 11.1 Å². The molecule has 0 radical (unpaired) electrons. The van der Waals surface area contributed by atoms with Crippen LogP contribution in [0.1, 0.15) is 20.7 Å². The summed E-state index contributed by atoms with van der Waals surface area (Å²) in [6, 6.07) is 5.67. The zero-order valence-electron chi connectivity index (χ0n) is 12.5. The number of carbonyl (C=O) groups is 2. The number of benzene rings is 1. The van der Waals surface area contributed by atoms with Crippen LogP contribution in [0.5, 0.6) is 0 Å². The summed E-state index contributed by atoms with van der Waals surface area (Å²) in [4.78, 5) is 27.8. The van der Waals surface area contributed by atoms with Crippen molar-refractivity contribution in [3.05, 3.63) is 65.5 Å². The lowest BCUT2D eigenvalue weighted by molar-refractivity contribution is 0.100. The minimum absolute atomic E-state index is 0.0791. The number of hydrogen-bond donors (Lipinski definition) is 2. The fourth-order valence-electron chi connectivity index (χ4n) is 2.15. The van der Waals surface area contributed by atoms with E-state index in [2.05, 4.69) is 15.5 Å². The lowest BCUT2D eigenvalue weighted by Crippen LogP contribution is -2.18. The highest BCUT2D eigenvalue weighted by Crippen LogP contribution is 2.28. The smallest absolute Gasteiger partial charge is 0.261 e. The summed E-state index contributed by atoms with van der Waals surface area (Å²) in [7, 11) is 0. The molecule has 2 amide bonds. The van der Waals surface area contributed by atoms with Crippen LogP contribution in [0.4, 0.5) is 14.7 Å². The topological polar surface area (TPSA) is 111 Å². The summed E-state index contributed by atoms with van der Waals surface area (Å²) in [6.45, 7) is 0. The maximum atomic E-state index is 13.7. The Morgan fingerprint density at radius 1 is 1.20 bits per heavy atom. The number of nitrogens with two attached hydrogens (primary N) is 1. The lowest BCUT2D eigenvalue weighted by Gasteiger charge is -2.04. The summed E-state index contributed by atoms with van der Waals surface area (Å²) in [6.07, 6.45) is 2.95. The lowest BCUT2D eigenvalue weighted by atomic mass is 10.1. The third-order valence-corrected chi connectivity index (χ3v) is 3.28. The van der Waals surface area contributed by atoms with Gasteiger partial charge >= 0.3 is 0 Å². The van der Waals surface area contributed by atoms with Gasteiger partial charge in [-0.05, 0) is 24.3 Å². The zero-order valence-corrected chi connectivity index (χ0v) is 12.5. The van der Waals surface area contributed by atoms with E-state index in [4.69, 9.17) is 10.3 Å². The Balaban J connectivity index is 1.97. The van der Waals surface area contributed by atoms with Gasteiger partial charge in [0.2, 0.25) is 5.88 Å². The Hall–Kier alpha value is -3.62. The average Bonchev–Trinajstić information content (AvgIpc) is 2.99. The first-order chi connectivity index (χ1) is 12.0. The van der Waals surface area contributed by atoms with Crippen molar-refractivity contribution >= 4 is 17.7 Å². The number of halogens is 2. The Morgan fingerprint density at radius 3 is 2.64 bits per heavy atom. The van der Waals surface area contributed by atoms with Gasteiger partial charge in [0, 0.05) is 24.0 Å². The molecule has 0 aliphatic heterocycles. The van der Waals surface area contributed by atoms with Gasteiger partial charge in [0.05, 0.1) is 5.56 Å². The number of rotatable bonds is 4. The number of anilines is 1. The predicted molar refractivity (Wildman–Crippen MR) is 82.6 cm³/mol. The molecule has 25 heavy (non-hydrogen) atoms. The molecule has 0 saturated heterocycles. The highest BCUT2D eigenvalue weighted by atomic mass is 19.1. The van der Waals surface area contributed by atoms with Crippen LogP contribution in [0.3, 0.4) is 0 Å². The van der Waals surface area contributed by atoms with Crippen LogP contribution in [0, 0.1) is 11.6 Å². The second-order valence-electron chi connectivity index (χ2n) is 4.92. The van der Waals surface area contributed by atoms with Crippen molar-refractivity contribution in [3.63, 3.8) is 0 Å². The first-order valence-corrected chi connectivity index (χ1v) is 6.93. The van der Waals surface area contributed by atoms with Crippen LogP contribution in [-0.2, 0) is 0 Å². The highest BCUT2D eigenvalue weighted by molar-refractivity contribution is 6.09. The number of nitrogens with zero attached hydrogens (tertiary/aromatic N) is 2. The Bertz CT molecular complexity index is 957. The van der Waals surface area contributed by atoms with Crippen molar-refractivity contribution in [2.45, 2.75) is 0 Å². The van der Waals surface area contributed by atoms with Crippen LogP contribution in [0.25, 0.3) is 11.3 Å². The average molecular weight is 344 g/mol. The number of primary amides is 1. The molecule has 9 heteroatoms. The Labute approximate surface area is 139 Å². The minimum Gasteiger partial charge on any atom is -0.365 e. The molecule has 1 aromatic carbocycles. The summed E-state index contributed by atoms with van der Waals surface area (Å²) in [5.41, 5.74) is 5.22. The number of hydrogen-bond acceptors (Lipinski definition) is 5. The molecule has 0 unspecified atom stereocenters. The minimum atomic E-state index is -1.06. The number of amides is 2. The fourth-order valence-corrected chi connectivity index (χ4v) is 2.15. The molecule has 0 fully saturated rings. The van der Waals surface area contributed by atoms with E-state index < -0.39 is 29.0 Å². The zero-order chi connectivity index (χ0) is 18.0. The first-order valence-electron chi connectivity index (χ1n) is 6.93. The number of carbonyl (C=O) groups excluding carboxylic acids is 2. The van der Waals surface area contributed by atoms with Crippen LogP contribution in [0.2, 0.25) is 0 Å². The van der Waals surface area contributed by atoms with E-state index in [1.165, 1.54) is 12.4 Å². The first kappa shape index (κ1) is 16.2. The van der Waals surface area contributed by atoms with E-state index >= 15 is 0 Å². The van der Waals surface area contributed by atoms with Crippen LogP contribution in [-0.4, -0.2) is 22.0 Å². The Kier molecular flexibility index (Phi) is 4.21. The molecule has 0 saturated carbocycles. The van der Waals surface area contributed by atoms with Gasteiger partial charge in [0.25, 0.3) is 11.8 Å². The number of aromatic nitrogens is 2. The largest absolute Gasteiger partial charge is 0.365 e. The molecule has 126 valence electrons. The van der Waals surface area contributed by atoms with E-state index in [-0.39, 0.29) is 17.1 Å². The maximum absolute atomic E-state index is 13.7. The predicted octanol–water partition coefficient (Wildman–Crippen LogP) is 2.37. The fraction of sp³-hybridized carbons (Fsp3) is 0.